The number of benzene rings is 2. The van der Waals surface area contributed by atoms with E-state index in [-0.39, 0.29) is 0 Å². The highest BCUT2D eigenvalue weighted by atomic mass is 15.2. The molecular weight excluding hydrogens is 316 g/mol. The van der Waals surface area contributed by atoms with Gasteiger partial charge in [0.1, 0.15) is 0 Å². The molecule has 2 aromatic carbocycles. The Labute approximate surface area is 156 Å². The molecular formula is C24H28N2. The second-order valence-electron chi connectivity index (χ2n) is 7.48. The Morgan fingerprint density at radius 3 is 2.46 bits per heavy atom. The molecule has 0 unspecified atom stereocenters. The maximum atomic E-state index is 3.98. The molecule has 1 aliphatic heterocycles. The molecule has 0 fully saturated rings. The summed E-state index contributed by atoms with van der Waals surface area (Å²) in [4.78, 5) is 2.50. The highest BCUT2D eigenvalue weighted by Gasteiger charge is 2.26. The number of rotatable bonds is 4. The van der Waals surface area contributed by atoms with E-state index >= 15 is 0 Å². The zero-order valence-corrected chi connectivity index (χ0v) is 16.4. The van der Waals surface area contributed by atoms with Crippen molar-refractivity contribution in [3.63, 3.8) is 0 Å². The zero-order valence-electron chi connectivity index (χ0n) is 16.4. The smallest absolute Gasteiger partial charge is 0.0730 e. The van der Waals surface area contributed by atoms with Crippen LogP contribution in [0, 0.1) is 20.8 Å². The van der Waals surface area contributed by atoms with Crippen LogP contribution in [0.15, 0.2) is 43.0 Å². The van der Waals surface area contributed by atoms with Crippen LogP contribution in [0.5, 0.6) is 0 Å². The van der Waals surface area contributed by atoms with Crippen LogP contribution in [0.1, 0.15) is 29.3 Å². The molecule has 2 heterocycles. The normalized spacial score (nSPS) is 13.5. The van der Waals surface area contributed by atoms with Gasteiger partial charge < -0.3 is 9.47 Å². The van der Waals surface area contributed by atoms with E-state index in [1.807, 2.05) is 6.08 Å². The van der Waals surface area contributed by atoms with E-state index in [9.17, 15) is 0 Å². The lowest BCUT2D eigenvalue weighted by Gasteiger charge is -2.33. The van der Waals surface area contributed by atoms with E-state index in [0.29, 0.717) is 0 Å². The molecule has 1 aromatic heterocycles. The van der Waals surface area contributed by atoms with Crippen molar-refractivity contribution in [1.29, 1.82) is 0 Å². The number of nitrogens with zero attached hydrogens (tertiary/aromatic N) is 2. The molecule has 26 heavy (non-hydrogen) atoms. The standard InChI is InChI=1S/C24H28N2/c1-6-12-25-13-14-26-17(4)15-21-22(19-10-8-16(3)9-11-19)20(7-2)18(5)23(25)24(21)26/h6,8-11,15H,1,7,12-14H2,2-5H3. The first kappa shape index (κ1) is 17.0. The molecule has 0 saturated heterocycles. The lowest BCUT2D eigenvalue weighted by Crippen LogP contribution is -2.32. The summed E-state index contributed by atoms with van der Waals surface area (Å²) in [6.45, 7) is 16.0. The molecule has 1 aliphatic rings. The van der Waals surface area contributed by atoms with Gasteiger partial charge in [0.2, 0.25) is 0 Å². The lowest BCUT2D eigenvalue weighted by atomic mass is 9.88. The average Bonchev–Trinajstić information content (AvgIpc) is 2.96. The maximum absolute atomic E-state index is 3.98. The third kappa shape index (κ3) is 2.39. The second kappa shape index (κ2) is 6.35. The summed E-state index contributed by atoms with van der Waals surface area (Å²) >= 11 is 0. The molecule has 0 atom stereocenters. The van der Waals surface area contributed by atoms with Crippen LogP contribution in [0.2, 0.25) is 0 Å². The van der Waals surface area contributed by atoms with Crippen LogP contribution < -0.4 is 4.90 Å². The van der Waals surface area contributed by atoms with Gasteiger partial charge in [0.25, 0.3) is 0 Å². The van der Waals surface area contributed by atoms with E-state index in [2.05, 4.69) is 74.1 Å². The monoisotopic (exact) mass is 344 g/mol. The Balaban J connectivity index is 2.11. The Bertz CT molecular complexity index is 990. The van der Waals surface area contributed by atoms with Crippen molar-refractivity contribution in [1.82, 2.24) is 4.57 Å². The number of hydrogen-bond acceptors (Lipinski definition) is 1. The first-order valence-electron chi connectivity index (χ1n) is 9.65. The van der Waals surface area contributed by atoms with Gasteiger partial charge in [-0.1, -0.05) is 42.8 Å². The summed E-state index contributed by atoms with van der Waals surface area (Å²) in [6.07, 6.45) is 3.07. The third-order valence-electron chi connectivity index (χ3n) is 5.86. The Morgan fingerprint density at radius 1 is 1.08 bits per heavy atom. The van der Waals surface area contributed by atoms with Crippen LogP contribution in [0.4, 0.5) is 5.69 Å². The highest BCUT2D eigenvalue weighted by molar-refractivity contribution is 6.06. The van der Waals surface area contributed by atoms with Crippen LogP contribution in [-0.4, -0.2) is 17.7 Å². The summed E-state index contributed by atoms with van der Waals surface area (Å²) < 4.78 is 2.51. The zero-order chi connectivity index (χ0) is 18.4. The largest absolute Gasteiger partial charge is 0.364 e. The fraction of sp³-hybridized carbons (Fsp3) is 0.333. The molecule has 3 aromatic rings. The van der Waals surface area contributed by atoms with Crippen molar-refractivity contribution in [3.05, 3.63) is 65.4 Å². The predicted octanol–water partition coefficient (Wildman–Crippen LogP) is 5.80. The van der Waals surface area contributed by atoms with E-state index in [1.54, 1.807) is 0 Å². The molecule has 2 heteroatoms. The van der Waals surface area contributed by atoms with Gasteiger partial charge in [-0.2, -0.15) is 0 Å². The molecule has 0 amide bonds. The number of aryl methyl sites for hydroxylation is 2. The second-order valence-corrected chi connectivity index (χ2v) is 7.48. The van der Waals surface area contributed by atoms with Gasteiger partial charge in [-0.15, -0.1) is 6.58 Å². The van der Waals surface area contributed by atoms with Gasteiger partial charge in [0, 0.05) is 30.7 Å². The van der Waals surface area contributed by atoms with Crippen molar-refractivity contribution in [2.75, 3.05) is 18.0 Å². The fourth-order valence-electron chi connectivity index (χ4n) is 4.63. The summed E-state index contributed by atoms with van der Waals surface area (Å²) in [5.74, 6) is 0. The SMILES string of the molecule is C=CCN1CCn2c(C)cc3c(-c4ccc(C)cc4)c(CC)c(C)c1c32. The van der Waals surface area contributed by atoms with Gasteiger partial charge in [-0.3, -0.25) is 0 Å². The minimum absolute atomic E-state index is 0.910. The number of aromatic nitrogens is 1. The van der Waals surface area contributed by atoms with Gasteiger partial charge in [-0.05, 0) is 55.5 Å². The minimum Gasteiger partial charge on any atom is -0.364 e. The Kier molecular flexibility index (Phi) is 4.14. The molecule has 0 radical (unpaired) electrons. The first-order valence-corrected chi connectivity index (χ1v) is 9.65. The van der Waals surface area contributed by atoms with Crippen LogP contribution >= 0.6 is 0 Å². The molecule has 0 bridgehead atoms. The van der Waals surface area contributed by atoms with Gasteiger partial charge in [0.05, 0.1) is 11.2 Å². The van der Waals surface area contributed by atoms with Crippen LogP contribution in [0.25, 0.3) is 22.0 Å². The number of hydrogen-bond donors (Lipinski definition) is 0. The summed E-state index contributed by atoms with van der Waals surface area (Å²) in [7, 11) is 0. The van der Waals surface area contributed by atoms with Gasteiger partial charge in [0.15, 0.2) is 0 Å². The van der Waals surface area contributed by atoms with E-state index in [1.165, 1.54) is 50.1 Å². The molecule has 0 saturated carbocycles. The van der Waals surface area contributed by atoms with Crippen LogP contribution in [0.3, 0.4) is 0 Å². The maximum Gasteiger partial charge on any atom is 0.0730 e. The van der Waals surface area contributed by atoms with E-state index in [0.717, 1.165) is 26.1 Å². The van der Waals surface area contributed by atoms with Crippen molar-refractivity contribution >= 4 is 16.6 Å². The van der Waals surface area contributed by atoms with E-state index < -0.39 is 0 Å². The van der Waals surface area contributed by atoms with Crippen molar-refractivity contribution in [2.24, 2.45) is 0 Å². The fourth-order valence-corrected chi connectivity index (χ4v) is 4.63. The number of anilines is 1. The summed E-state index contributed by atoms with van der Waals surface area (Å²) in [5, 5.41) is 1.40. The van der Waals surface area contributed by atoms with Crippen LogP contribution in [-0.2, 0) is 13.0 Å². The van der Waals surface area contributed by atoms with Gasteiger partial charge >= 0.3 is 0 Å². The van der Waals surface area contributed by atoms with E-state index in [4.69, 9.17) is 0 Å². The molecule has 0 N–H and O–H groups in total. The summed E-state index contributed by atoms with van der Waals surface area (Å²) in [6, 6.07) is 11.4. The quantitative estimate of drug-likeness (QED) is 0.543. The topological polar surface area (TPSA) is 8.17 Å². The minimum atomic E-state index is 0.910. The molecule has 4 rings (SSSR count). The third-order valence-corrected chi connectivity index (χ3v) is 5.86. The summed E-state index contributed by atoms with van der Waals surface area (Å²) in [5.41, 5.74) is 11.1. The van der Waals surface area contributed by atoms with Crippen molar-refractivity contribution in [2.45, 2.75) is 40.7 Å². The first-order chi connectivity index (χ1) is 12.6. The molecule has 2 nitrogen and oxygen atoms in total. The highest BCUT2D eigenvalue weighted by Crippen LogP contribution is 2.44. The Morgan fingerprint density at radius 2 is 1.81 bits per heavy atom. The molecule has 0 aliphatic carbocycles. The lowest BCUT2D eigenvalue weighted by molar-refractivity contribution is 0.655. The average molecular weight is 345 g/mol. The Hall–Kier alpha value is -2.48. The van der Waals surface area contributed by atoms with Gasteiger partial charge in [-0.25, -0.2) is 0 Å². The van der Waals surface area contributed by atoms with Crippen molar-refractivity contribution < 1.29 is 0 Å². The molecule has 0 spiro atoms. The van der Waals surface area contributed by atoms with Crippen molar-refractivity contribution in [3.8, 4) is 11.1 Å². The predicted molar refractivity (Wildman–Crippen MR) is 113 cm³/mol. The molecule has 134 valence electrons.